The molecule has 3 atom stereocenters. The number of piperazine rings is 1. The zero-order chi connectivity index (χ0) is 22.7. The highest BCUT2D eigenvalue weighted by Crippen LogP contribution is 2.52. The van der Waals surface area contributed by atoms with Gasteiger partial charge in [-0.05, 0) is 51.1 Å². The number of amides is 1. The molecule has 1 aliphatic carbocycles. The summed E-state index contributed by atoms with van der Waals surface area (Å²) in [6.45, 7) is 4.84. The number of carbonyl (C=O) groups is 1. The molecule has 3 aliphatic rings. The van der Waals surface area contributed by atoms with E-state index in [-0.39, 0.29) is 28.9 Å². The molecule has 3 fully saturated rings. The van der Waals surface area contributed by atoms with Crippen molar-refractivity contribution in [2.45, 2.75) is 44.1 Å². The van der Waals surface area contributed by atoms with Gasteiger partial charge in [0.05, 0.1) is 11.1 Å². The molecule has 2 aromatic rings. The molecule has 6 nitrogen and oxygen atoms in total. The normalized spacial score (nSPS) is 27.8. The predicted molar refractivity (Wildman–Crippen MR) is 116 cm³/mol. The van der Waals surface area contributed by atoms with E-state index in [1.54, 1.807) is 12.1 Å². The van der Waals surface area contributed by atoms with E-state index in [4.69, 9.17) is 0 Å². The van der Waals surface area contributed by atoms with E-state index < -0.39 is 17.8 Å². The third kappa shape index (κ3) is 3.81. The van der Waals surface area contributed by atoms with Crippen molar-refractivity contribution in [3.8, 4) is 0 Å². The number of fused-ring (bicyclic) bond motifs is 1. The fourth-order valence-corrected chi connectivity index (χ4v) is 5.45. The predicted octanol–water partition coefficient (Wildman–Crippen LogP) is 2.63. The minimum Gasteiger partial charge on any atom is -0.367 e. The van der Waals surface area contributed by atoms with Crippen LogP contribution in [0, 0.1) is 5.41 Å². The number of hydrogen-bond acceptors (Lipinski definition) is 5. The lowest BCUT2D eigenvalue weighted by atomic mass is 9.99. The van der Waals surface area contributed by atoms with Crippen LogP contribution >= 0.6 is 0 Å². The Kier molecular flexibility index (Phi) is 5.09. The summed E-state index contributed by atoms with van der Waals surface area (Å²) >= 11 is 0. The third-order valence-corrected chi connectivity index (χ3v) is 7.12. The number of nitrogens with one attached hydrogen (secondary N) is 2. The van der Waals surface area contributed by atoms with Crippen molar-refractivity contribution in [2.75, 3.05) is 38.1 Å². The van der Waals surface area contributed by atoms with Crippen molar-refractivity contribution in [1.82, 2.24) is 20.5 Å². The molecule has 5 rings (SSSR count). The molecule has 9 heteroatoms. The highest BCUT2D eigenvalue weighted by atomic mass is 19.4. The van der Waals surface area contributed by atoms with Gasteiger partial charge in [-0.1, -0.05) is 0 Å². The van der Waals surface area contributed by atoms with Crippen molar-refractivity contribution in [1.29, 1.82) is 0 Å². The third-order valence-electron chi connectivity index (χ3n) is 7.12. The van der Waals surface area contributed by atoms with E-state index in [0.717, 1.165) is 32.0 Å². The van der Waals surface area contributed by atoms with Crippen molar-refractivity contribution in [3.05, 3.63) is 36.0 Å². The first-order chi connectivity index (χ1) is 15.2. The Morgan fingerprint density at radius 2 is 2.00 bits per heavy atom. The number of rotatable bonds is 3. The van der Waals surface area contributed by atoms with Gasteiger partial charge in [0.15, 0.2) is 0 Å². The van der Waals surface area contributed by atoms with Crippen LogP contribution in [0.25, 0.3) is 10.9 Å². The lowest BCUT2D eigenvalue weighted by Crippen LogP contribution is -2.62. The van der Waals surface area contributed by atoms with Gasteiger partial charge in [0.25, 0.3) is 0 Å². The molecule has 172 valence electrons. The molecule has 2 aliphatic heterocycles. The number of likely N-dealkylation sites (tertiary alicyclic amines) is 1. The van der Waals surface area contributed by atoms with Crippen LogP contribution in [-0.4, -0.2) is 67.1 Å². The minimum absolute atomic E-state index is 0.00894. The second-order valence-electron chi connectivity index (χ2n) is 9.68. The lowest BCUT2D eigenvalue weighted by molar-refractivity contribution is -0.136. The van der Waals surface area contributed by atoms with Crippen LogP contribution in [0.15, 0.2) is 30.5 Å². The summed E-state index contributed by atoms with van der Waals surface area (Å²) < 4.78 is 40.5. The van der Waals surface area contributed by atoms with E-state index in [1.807, 2.05) is 11.8 Å². The number of carbonyl (C=O) groups excluding carboxylic acids is 1. The molecule has 1 aromatic carbocycles. The molecular weight excluding hydrogens is 419 g/mol. The van der Waals surface area contributed by atoms with Crippen LogP contribution in [0.2, 0.25) is 0 Å². The quantitative estimate of drug-likeness (QED) is 0.758. The van der Waals surface area contributed by atoms with Crippen molar-refractivity contribution >= 4 is 22.5 Å². The standard InChI is InChI=1S/C23H28F3N5O/c1-14-10-31(18-6-5-16(23(24,25)26)20-15(18)4-3-9-27-20)11-17(28-14)21(32)29-19-12-30(2)13-22(19)7-8-22/h3-6,9,14,17,19,28H,7-8,10-13H2,1-2H3,(H,29,32)/t14-,17-,19?/m1/s1. The average molecular weight is 448 g/mol. The SMILES string of the molecule is C[C@@H]1CN(c2ccc(C(F)(F)F)c3ncccc23)C[C@H](C(=O)NC2CN(C)CC23CC3)N1. The Bertz CT molecular complexity index is 1040. The largest absolute Gasteiger partial charge is 0.418 e. The van der Waals surface area contributed by atoms with Gasteiger partial charge in [-0.2, -0.15) is 13.2 Å². The van der Waals surface area contributed by atoms with E-state index in [1.165, 1.54) is 12.3 Å². The number of pyridine rings is 1. The number of alkyl halides is 3. The Morgan fingerprint density at radius 1 is 1.22 bits per heavy atom. The first kappa shape index (κ1) is 21.5. The van der Waals surface area contributed by atoms with Crippen LogP contribution in [0.1, 0.15) is 25.3 Å². The van der Waals surface area contributed by atoms with E-state index in [9.17, 15) is 18.0 Å². The van der Waals surface area contributed by atoms with Gasteiger partial charge < -0.3 is 20.4 Å². The fraction of sp³-hybridized carbons (Fsp3) is 0.565. The summed E-state index contributed by atoms with van der Waals surface area (Å²) in [6, 6.07) is 5.64. The van der Waals surface area contributed by atoms with Gasteiger partial charge >= 0.3 is 6.18 Å². The van der Waals surface area contributed by atoms with E-state index in [2.05, 4.69) is 27.6 Å². The average Bonchev–Trinajstić information content (AvgIpc) is 3.44. The molecule has 0 bridgehead atoms. The van der Waals surface area contributed by atoms with Gasteiger partial charge in [0, 0.05) is 60.9 Å². The summed E-state index contributed by atoms with van der Waals surface area (Å²) in [6.07, 6.45) is -0.803. The Labute approximate surface area is 185 Å². The van der Waals surface area contributed by atoms with E-state index in [0.29, 0.717) is 24.2 Å². The number of nitrogens with zero attached hydrogens (tertiary/aromatic N) is 3. The highest BCUT2D eigenvalue weighted by molar-refractivity contribution is 5.94. The van der Waals surface area contributed by atoms with Gasteiger partial charge in [-0.25, -0.2) is 0 Å². The summed E-state index contributed by atoms with van der Waals surface area (Å²) in [4.78, 5) is 21.5. The molecule has 0 radical (unpaired) electrons. The van der Waals surface area contributed by atoms with Gasteiger partial charge in [-0.3, -0.25) is 9.78 Å². The van der Waals surface area contributed by atoms with Crippen molar-refractivity contribution < 1.29 is 18.0 Å². The molecule has 1 saturated carbocycles. The zero-order valence-electron chi connectivity index (χ0n) is 18.2. The number of hydrogen-bond donors (Lipinski definition) is 2. The number of likely N-dealkylation sites (N-methyl/N-ethyl adjacent to an activating group) is 1. The maximum Gasteiger partial charge on any atom is 0.418 e. The highest BCUT2D eigenvalue weighted by Gasteiger charge is 2.55. The van der Waals surface area contributed by atoms with Crippen LogP contribution in [0.3, 0.4) is 0 Å². The topological polar surface area (TPSA) is 60.5 Å². The van der Waals surface area contributed by atoms with Gasteiger partial charge in [-0.15, -0.1) is 0 Å². The van der Waals surface area contributed by atoms with Crippen LogP contribution in [0.5, 0.6) is 0 Å². The van der Waals surface area contributed by atoms with Gasteiger partial charge in [0.1, 0.15) is 6.04 Å². The monoisotopic (exact) mass is 447 g/mol. The summed E-state index contributed by atoms with van der Waals surface area (Å²) in [5.74, 6) is -0.0394. The smallest absolute Gasteiger partial charge is 0.367 e. The summed E-state index contributed by atoms with van der Waals surface area (Å²) in [5, 5.41) is 7.08. The first-order valence-corrected chi connectivity index (χ1v) is 11.1. The number of aromatic nitrogens is 1. The second-order valence-corrected chi connectivity index (χ2v) is 9.68. The summed E-state index contributed by atoms with van der Waals surface area (Å²) in [7, 11) is 2.08. The Hall–Kier alpha value is -2.39. The summed E-state index contributed by atoms with van der Waals surface area (Å²) in [5.41, 5.74) is 0.0925. The first-order valence-electron chi connectivity index (χ1n) is 11.1. The van der Waals surface area contributed by atoms with Crippen LogP contribution < -0.4 is 15.5 Å². The van der Waals surface area contributed by atoms with E-state index >= 15 is 0 Å². The maximum absolute atomic E-state index is 13.5. The zero-order valence-corrected chi connectivity index (χ0v) is 18.2. The number of anilines is 1. The lowest BCUT2D eigenvalue weighted by Gasteiger charge is -2.39. The maximum atomic E-state index is 13.5. The van der Waals surface area contributed by atoms with Crippen molar-refractivity contribution in [2.24, 2.45) is 5.41 Å². The molecule has 32 heavy (non-hydrogen) atoms. The number of halogens is 3. The molecule has 1 unspecified atom stereocenters. The fourth-order valence-electron chi connectivity index (χ4n) is 5.45. The second kappa shape index (κ2) is 7.59. The number of benzene rings is 1. The molecule has 2 N–H and O–H groups in total. The molecule has 3 heterocycles. The van der Waals surface area contributed by atoms with Crippen LogP contribution in [-0.2, 0) is 11.0 Å². The minimum atomic E-state index is -4.47. The molecule has 1 spiro atoms. The van der Waals surface area contributed by atoms with Crippen molar-refractivity contribution in [3.63, 3.8) is 0 Å². The molecule has 2 saturated heterocycles. The molecule has 1 amide bonds. The Morgan fingerprint density at radius 3 is 2.72 bits per heavy atom. The molecular formula is C23H28F3N5O. The van der Waals surface area contributed by atoms with Gasteiger partial charge in [0.2, 0.25) is 5.91 Å². The Balaban J connectivity index is 1.39. The van der Waals surface area contributed by atoms with Crippen LogP contribution in [0.4, 0.5) is 18.9 Å². The molecule has 1 aromatic heterocycles.